The molecule has 0 amide bonds. The highest BCUT2D eigenvalue weighted by Gasteiger charge is 2.39. The van der Waals surface area contributed by atoms with Crippen LogP contribution in [0.15, 0.2) is 60.8 Å². The van der Waals surface area contributed by atoms with E-state index >= 15 is 0 Å². The molecular weight excluding hydrogens is 767 g/mol. The molecule has 1 aliphatic rings. The van der Waals surface area contributed by atoms with Crippen molar-refractivity contribution in [2.24, 2.45) is 11.8 Å². The number of allylic oxidation sites excluding steroid dienone is 7. The molecule has 0 heterocycles. The summed E-state index contributed by atoms with van der Waals surface area (Å²) in [5, 5.41) is 49.6. The van der Waals surface area contributed by atoms with Crippen LogP contribution in [0.25, 0.3) is 0 Å². The van der Waals surface area contributed by atoms with E-state index in [1.807, 2.05) is 12.2 Å². The van der Waals surface area contributed by atoms with Crippen molar-refractivity contribution in [2.75, 3.05) is 26.4 Å². The monoisotopic (exact) mass is 842 g/mol. The number of carbonyl (C=O) groups excluding carboxylic acids is 2. The largest absolute Gasteiger partial charge is 0.472 e. The Balaban J connectivity index is 2.57. The first kappa shape index (κ1) is 53.6. The summed E-state index contributed by atoms with van der Waals surface area (Å²) in [7, 11) is -4.71. The number of hydrogen-bond acceptors (Lipinski definition) is 12. The van der Waals surface area contributed by atoms with Crippen LogP contribution >= 0.6 is 7.82 Å². The van der Waals surface area contributed by atoms with Gasteiger partial charge in [-0.3, -0.25) is 18.6 Å². The molecule has 0 saturated heterocycles. The molecule has 8 atom stereocenters. The van der Waals surface area contributed by atoms with Gasteiger partial charge in [0.05, 0.1) is 44.6 Å². The van der Waals surface area contributed by atoms with Gasteiger partial charge >= 0.3 is 19.8 Å². The minimum absolute atomic E-state index is 0.0441. The lowest BCUT2D eigenvalue weighted by Crippen LogP contribution is -2.29. The molecule has 0 bridgehead atoms. The smallest absolute Gasteiger partial charge is 0.461 e. The van der Waals surface area contributed by atoms with Gasteiger partial charge in [-0.25, -0.2) is 4.57 Å². The van der Waals surface area contributed by atoms with Crippen molar-refractivity contribution in [1.29, 1.82) is 0 Å². The van der Waals surface area contributed by atoms with Crippen LogP contribution in [0.3, 0.4) is 0 Å². The molecule has 6 N–H and O–H groups in total. The third kappa shape index (κ3) is 28.1. The molecule has 0 aliphatic heterocycles. The van der Waals surface area contributed by atoms with E-state index in [-0.39, 0.29) is 31.1 Å². The second kappa shape index (κ2) is 34.3. The minimum Gasteiger partial charge on any atom is -0.461 e. The Labute approximate surface area is 347 Å². The zero-order valence-corrected chi connectivity index (χ0v) is 36.0. The van der Waals surface area contributed by atoms with Crippen LogP contribution in [0, 0.1) is 11.8 Å². The Bertz CT molecular complexity index is 1270. The number of aliphatic hydroxyl groups is 5. The molecule has 0 radical (unpaired) electrons. The minimum atomic E-state index is -4.71. The summed E-state index contributed by atoms with van der Waals surface area (Å²) < 4.78 is 32.6. The van der Waals surface area contributed by atoms with Gasteiger partial charge in [0, 0.05) is 18.8 Å². The quantitative estimate of drug-likeness (QED) is 0.0158. The van der Waals surface area contributed by atoms with Crippen molar-refractivity contribution in [2.45, 2.75) is 166 Å². The highest BCUT2D eigenvalue weighted by molar-refractivity contribution is 7.47. The highest BCUT2D eigenvalue weighted by Crippen LogP contribution is 2.43. The van der Waals surface area contributed by atoms with E-state index in [4.69, 9.17) is 19.1 Å². The average Bonchev–Trinajstić information content (AvgIpc) is 3.47. The van der Waals surface area contributed by atoms with Gasteiger partial charge < -0.3 is 39.9 Å². The molecule has 58 heavy (non-hydrogen) atoms. The number of phosphoric acid groups is 1. The van der Waals surface area contributed by atoms with Gasteiger partial charge in [-0.05, 0) is 57.3 Å². The van der Waals surface area contributed by atoms with Crippen LogP contribution in [0.2, 0.25) is 0 Å². The number of ether oxygens (including phenoxy) is 2. The van der Waals surface area contributed by atoms with Gasteiger partial charge in [-0.1, -0.05) is 126 Å². The summed E-state index contributed by atoms with van der Waals surface area (Å²) in [6, 6.07) is 0. The second-order valence-corrected chi connectivity index (χ2v) is 16.5. The first-order valence-electron chi connectivity index (χ1n) is 21.5. The van der Waals surface area contributed by atoms with Crippen molar-refractivity contribution in [3.05, 3.63) is 60.8 Å². The lowest BCUT2D eigenvalue weighted by Gasteiger charge is -2.20. The first-order valence-corrected chi connectivity index (χ1v) is 23.0. The number of phosphoric ester groups is 1. The van der Waals surface area contributed by atoms with Crippen molar-refractivity contribution in [3.8, 4) is 0 Å². The van der Waals surface area contributed by atoms with E-state index in [1.165, 1.54) is 38.5 Å². The van der Waals surface area contributed by atoms with Crippen molar-refractivity contribution < 1.29 is 63.1 Å². The van der Waals surface area contributed by atoms with E-state index in [9.17, 15) is 39.5 Å². The second-order valence-electron chi connectivity index (χ2n) is 15.0. The Morgan fingerprint density at radius 1 is 0.741 bits per heavy atom. The zero-order valence-electron chi connectivity index (χ0n) is 35.1. The fourth-order valence-electron chi connectivity index (χ4n) is 6.33. The maximum absolute atomic E-state index is 12.6. The molecule has 0 aromatic heterocycles. The Morgan fingerprint density at radius 2 is 1.36 bits per heavy atom. The third-order valence-corrected chi connectivity index (χ3v) is 10.7. The SMILES string of the molecule is CCCCCCCC/C=C\C/C=C\C/C=C\CCCC(=O)O[C@H](COC(=O)C/C=C\C[C@H]1[C@@H](/C=C/[C@H](O)CCCCC)[C@H](O)C[C@@H]1O)COP(=O)(O)OC[C@@H](O)CO. The molecule has 0 spiro atoms. The fourth-order valence-corrected chi connectivity index (χ4v) is 7.12. The van der Waals surface area contributed by atoms with Crippen LogP contribution in [0.4, 0.5) is 0 Å². The van der Waals surface area contributed by atoms with Crippen molar-refractivity contribution >= 4 is 19.8 Å². The van der Waals surface area contributed by atoms with Gasteiger partial charge in [0.25, 0.3) is 0 Å². The Morgan fingerprint density at radius 3 is 2.05 bits per heavy atom. The summed E-state index contributed by atoms with van der Waals surface area (Å²) in [6.07, 6.45) is 30.4. The lowest BCUT2D eigenvalue weighted by molar-refractivity contribution is -0.160. The molecule has 14 heteroatoms. The highest BCUT2D eigenvalue weighted by atomic mass is 31.2. The van der Waals surface area contributed by atoms with Crippen LogP contribution in [-0.4, -0.2) is 99.3 Å². The molecular formula is C44H75O13P. The van der Waals surface area contributed by atoms with E-state index in [0.29, 0.717) is 25.7 Å². The van der Waals surface area contributed by atoms with Crippen molar-refractivity contribution in [3.63, 3.8) is 0 Å². The Hall–Kier alpha value is -2.45. The van der Waals surface area contributed by atoms with Crippen LogP contribution in [-0.2, 0) is 32.7 Å². The fraction of sp³-hybridized carbons (Fsp3) is 0.727. The summed E-state index contributed by atoms with van der Waals surface area (Å²) >= 11 is 0. The number of carbonyl (C=O) groups is 2. The summed E-state index contributed by atoms with van der Waals surface area (Å²) in [5.74, 6) is -1.95. The van der Waals surface area contributed by atoms with Gasteiger partial charge in [0.1, 0.15) is 12.7 Å². The summed E-state index contributed by atoms with van der Waals surface area (Å²) in [4.78, 5) is 35.2. The van der Waals surface area contributed by atoms with E-state index < -0.39 is 76.7 Å². The number of rotatable bonds is 35. The molecule has 334 valence electrons. The number of hydrogen-bond donors (Lipinski definition) is 6. The normalized spacial score (nSPS) is 21.4. The number of unbranched alkanes of at least 4 members (excludes halogenated alkanes) is 9. The van der Waals surface area contributed by atoms with Crippen LogP contribution < -0.4 is 0 Å². The van der Waals surface area contributed by atoms with E-state index in [0.717, 1.165) is 38.5 Å². The van der Waals surface area contributed by atoms with E-state index in [2.05, 4.69) is 42.7 Å². The predicted molar refractivity (Wildman–Crippen MR) is 225 cm³/mol. The maximum Gasteiger partial charge on any atom is 0.472 e. The van der Waals surface area contributed by atoms with Crippen LogP contribution in [0.1, 0.15) is 136 Å². The molecule has 1 fully saturated rings. The molecule has 1 rings (SSSR count). The molecule has 0 aromatic rings. The predicted octanol–water partition coefficient (Wildman–Crippen LogP) is 7.49. The molecule has 13 nitrogen and oxygen atoms in total. The lowest BCUT2D eigenvalue weighted by atomic mass is 9.89. The topological polar surface area (TPSA) is 210 Å². The first-order chi connectivity index (χ1) is 27.9. The van der Waals surface area contributed by atoms with Gasteiger partial charge in [0.2, 0.25) is 0 Å². The van der Waals surface area contributed by atoms with Gasteiger partial charge in [-0.15, -0.1) is 0 Å². The maximum atomic E-state index is 12.6. The standard InChI is InChI=1S/C44H75O13P/c1-3-5-7-8-9-10-11-12-13-14-15-16-17-18-19-20-22-28-44(51)57-38(35-56-58(52,53)55-33-37(47)32-45)34-54-43(50)27-24-23-26-39-40(42(49)31-41(39)48)30-29-36(46)25-21-6-4-2/h12-13,15-16,18-19,23-24,29-30,36-42,45-49H,3-11,14,17,20-22,25-28,31-35H2,1-2H3,(H,52,53)/b13-12-,16-15-,19-18-,24-23-,30-29+/t36-,37+,38-,39+,40-,41+,42-/m1/s1. The van der Waals surface area contributed by atoms with Gasteiger partial charge in [0.15, 0.2) is 6.10 Å². The van der Waals surface area contributed by atoms with Crippen molar-refractivity contribution in [1.82, 2.24) is 0 Å². The zero-order chi connectivity index (χ0) is 42.9. The van der Waals surface area contributed by atoms with Gasteiger partial charge in [-0.2, -0.15) is 0 Å². The molecule has 1 unspecified atom stereocenters. The van der Waals surface area contributed by atoms with Crippen LogP contribution in [0.5, 0.6) is 0 Å². The number of aliphatic hydroxyl groups excluding tert-OH is 5. The summed E-state index contributed by atoms with van der Waals surface area (Å²) in [5.41, 5.74) is 0. The summed E-state index contributed by atoms with van der Waals surface area (Å²) in [6.45, 7) is 1.82. The third-order valence-electron chi connectivity index (χ3n) is 9.75. The molecule has 1 aliphatic carbocycles. The Kier molecular flexibility index (Phi) is 31.7. The molecule has 0 aromatic carbocycles. The van der Waals surface area contributed by atoms with E-state index in [1.54, 1.807) is 24.3 Å². The average molecular weight is 843 g/mol. The molecule has 1 saturated carbocycles. The number of esters is 2.